The van der Waals surface area contributed by atoms with E-state index in [-0.39, 0.29) is 58.7 Å². The molecule has 0 saturated carbocycles. The average Bonchev–Trinajstić information content (AvgIpc) is 3.43. The maximum Gasteiger partial charge on any atom is 0.310 e. The average molecular weight is 601 g/mol. The molecule has 2 aromatic heterocycles. The molecule has 4 rings (SSSR count). The van der Waals surface area contributed by atoms with Gasteiger partial charge in [0.2, 0.25) is 0 Å². The number of sulfonamides is 1. The van der Waals surface area contributed by atoms with Gasteiger partial charge in [-0.05, 0) is 52.0 Å². The first-order valence-electron chi connectivity index (χ1n) is 12.9. The number of hydrogen-bond donors (Lipinski definition) is 0. The number of methoxy groups -OCH3 is 1. The van der Waals surface area contributed by atoms with Gasteiger partial charge in [-0.3, -0.25) is 9.78 Å². The minimum Gasteiger partial charge on any atom is -0.497 e. The van der Waals surface area contributed by atoms with Crippen LogP contribution >= 0.6 is 0 Å². The van der Waals surface area contributed by atoms with Gasteiger partial charge in [-0.1, -0.05) is 6.07 Å². The third kappa shape index (κ3) is 6.43. The number of benzene rings is 2. The SMILES string of the molecule is CCOC(=O)Cc1ccc(OC)cc1OCc1cc(-c2ccnc(C=NS(=O)(=O)C(C)(C)C)c2F)c2occc2c1F. The number of rotatable bonds is 10. The smallest absolute Gasteiger partial charge is 0.310 e. The molecule has 0 aliphatic carbocycles. The van der Waals surface area contributed by atoms with Gasteiger partial charge in [0, 0.05) is 34.5 Å². The molecule has 4 aromatic rings. The van der Waals surface area contributed by atoms with Crippen molar-refractivity contribution in [3.63, 3.8) is 0 Å². The number of ether oxygens (including phenoxy) is 3. The Balaban J connectivity index is 1.73. The van der Waals surface area contributed by atoms with E-state index in [1.54, 1.807) is 25.1 Å². The summed E-state index contributed by atoms with van der Waals surface area (Å²) in [5.41, 5.74) is 0.531. The highest BCUT2D eigenvalue weighted by Crippen LogP contribution is 2.36. The molecule has 0 aliphatic heterocycles. The molecule has 0 bridgehead atoms. The summed E-state index contributed by atoms with van der Waals surface area (Å²) in [5, 5.41) is 0.0882. The summed E-state index contributed by atoms with van der Waals surface area (Å²) >= 11 is 0. The second kappa shape index (κ2) is 12.3. The van der Waals surface area contributed by atoms with Crippen LogP contribution in [0.1, 0.15) is 44.5 Å². The van der Waals surface area contributed by atoms with E-state index in [4.69, 9.17) is 18.6 Å². The van der Waals surface area contributed by atoms with Crippen LogP contribution in [0.15, 0.2) is 57.7 Å². The molecule has 12 heteroatoms. The first kappa shape index (κ1) is 30.6. The third-order valence-corrected chi connectivity index (χ3v) is 8.27. The highest BCUT2D eigenvalue weighted by atomic mass is 32.2. The molecule has 42 heavy (non-hydrogen) atoms. The van der Waals surface area contributed by atoms with Gasteiger partial charge in [0.15, 0.2) is 5.82 Å². The zero-order valence-corrected chi connectivity index (χ0v) is 24.6. The van der Waals surface area contributed by atoms with Gasteiger partial charge in [0.05, 0.1) is 42.7 Å². The Morgan fingerprint density at radius 2 is 1.83 bits per heavy atom. The van der Waals surface area contributed by atoms with Gasteiger partial charge in [-0.15, -0.1) is 0 Å². The lowest BCUT2D eigenvalue weighted by atomic mass is 9.99. The number of carbonyl (C=O) groups excluding carboxylic acids is 1. The summed E-state index contributed by atoms with van der Waals surface area (Å²) in [7, 11) is -2.47. The van der Waals surface area contributed by atoms with Gasteiger partial charge in [0.25, 0.3) is 10.0 Å². The first-order chi connectivity index (χ1) is 19.9. The number of fused-ring (bicyclic) bond motifs is 1. The second-order valence-corrected chi connectivity index (χ2v) is 12.6. The molecule has 0 fully saturated rings. The fraction of sp³-hybridized carbons (Fsp3) is 0.300. The number of carbonyl (C=O) groups is 1. The number of pyridine rings is 1. The Bertz CT molecular complexity index is 1760. The molecule has 0 unspecified atom stereocenters. The number of aromatic nitrogens is 1. The van der Waals surface area contributed by atoms with Crippen LogP contribution in [0.5, 0.6) is 11.5 Å². The Morgan fingerprint density at radius 3 is 2.52 bits per heavy atom. The second-order valence-electron chi connectivity index (χ2n) is 10.2. The normalized spacial score (nSPS) is 12.2. The molecule has 0 aliphatic rings. The molecule has 0 N–H and O–H groups in total. The van der Waals surface area contributed by atoms with Crippen molar-refractivity contribution < 1.29 is 40.6 Å². The van der Waals surface area contributed by atoms with E-state index in [0.29, 0.717) is 11.3 Å². The standard InChI is InChI=1S/C30H30F2N2O7S/c1-6-39-26(35)14-18-7-8-20(38-5)15-25(18)41-17-19-13-23(29-22(27(19)31)10-12-40-29)21-9-11-33-24(28(21)32)16-34-42(36,37)30(2,3)4/h7-13,15-16H,6,14,17H2,1-5H3. The van der Waals surface area contributed by atoms with E-state index in [1.165, 1.54) is 58.5 Å². The molecule has 0 radical (unpaired) electrons. The molecule has 222 valence electrons. The Kier molecular flexibility index (Phi) is 8.95. The van der Waals surface area contributed by atoms with Crippen molar-refractivity contribution in [3.05, 3.63) is 77.3 Å². The van der Waals surface area contributed by atoms with Crippen LogP contribution in [0, 0.1) is 11.6 Å². The molecule has 0 amide bonds. The lowest BCUT2D eigenvalue weighted by Gasteiger charge is -2.15. The maximum atomic E-state index is 15.7. The Hall–Kier alpha value is -4.32. The largest absolute Gasteiger partial charge is 0.497 e. The van der Waals surface area contributed by atoms with E-state index in [0.717, 1.165) is 6.21 Å². The van der Waals surface area contributed by atoms with Gasteiger partial charge < -0.3 is 18.6 Å². The highest BCUT2D eigenvalue weighted by molar-refractivity contribution is 7.91. The quantitative estimate of drug-likeness (QED) is 0.160. The molecular weight excluding hydrogens is 570 g/mol. The van der Waals surface area contributed by atoms with Crippen molar-refractivity contribution in [2.24, 2.45) is 4.40 Å². The van der Waals surface area contributed by atoms with Crippen LogP contribution in [0.25, 0.3) is 22.1 Å². The van der Waals surface area contributed by atoms with Crippen LogP contribution in [-0.2, 0) is 32.6 Å². The fourth-order valence-electron chi connectivity index (χ4n) is 3.97. The fourth-order valence-corrected chi connectivity index (χ4v) is 4.53. The van der Waals surface area contributed by atoms with E-state index in [2.05, 4.69) is 9.38 Å². The van der Waals surface area contributed by atoms with Gasteiger partial charge in [-0.25, -0.2) is 17.2 Å². The predicted octanol–water partition coefficient (Wildman–Crippen LogP) is 6.01. The van der Waals surface area contributed by atoms with E-state index < -0.39 is 32.4 Å². The van der Waals surface area contributed by atoms with Crippen LogP contribution < -0.4 is 9.47 Å². The Morgan fingerprint density at radius 1 is 1.07 bits per heavy atom. The number of halogens is 2. The number of esters is 1. The predicted molar refractivity (Wildman–Crippen MR) is 153 cm³/mol. The third-order valence-electron chi connectivity index (χ3n) is 6.34. The summed E-state index contributed by atoms with van der Waals surface area (Å²) in [6, 6.07) is 9.05. The van der Waals surface area contributed by atoms with Crippen LogP contribution in [0.2, 0.25) is 0 Å². The van der Waals surface area contributed by atoms with Gasteiger partial charge in [0.1, 0.15) is 35.2 Å². The van der Waals surface area contributed by atoms with Crippen molar-refractivity contribution in [2.45, 2.75) is 45.5 Å². The number of hydrogen-bond acceptors (Lipinski definition) is 8. The molecule has 9 nitrogen and oxygen atoms in total. The van der Waals surface area contributed by atoms with Crippen molar-refractivity contribution in [1.82, 2.24) is 4.98 Å². The zero-order chi connectivity index (χ0) is 30.7. The van der Waals surface area contributed by atoms with Crippen LogP contribution in [-0.4, -0.2) is 44.0 Å². The summed E-state index contributed by atoms with van der Waals surface area (Å²) in [6.07, 6.45) is 3.34. The van der Waals surface area contributed by atoms with E-state index >= 15 is 8.78 Å². The van der Waals surface area contributed by atoms with Crippen LogP contribution in [0.4, 0.5) is 8.78 Å². The highest BCUT2D eigenvalue weighted by Gasteiger charge is 2.28. The van der Waals surface area contributed by atoms with Crippen molar-refractivity contribution in [1.29, 1.82) is 0 Å². The summed E-state index contributed by atoms with van der Waals surface area (Å²) < 4.78 is 80.2. The van der Waals surface area contributed by atoms with Crippen molar-refractivity contribution in [2.75, 3.05) is 13.7 Å². The van der Waals surface area contributed by atoms with Crippen LogP contribution in [0.3, 0.4) is 0 Å². The molecule has 2 aromatic carbocycles. The Labute approximate surface area is 242 Å². The van der Waals surface area contributed by atoms with Crippen molar-refractivity contribution >= 4 is 33.2 Å². The summed E-state index contributed by atoms with van der Waals surface area (Å²) in [5.74, 6) is -1.21. The minimum absolute atomic E-state index is 0.00909. The lowest BCUT2D eigenvalue weighted by molar-refractivity contribution is -0.142. The molecule has 0 atom stereocenters. The lowest BCUT2D eigenvalue weighted by Crippen LogP contribution is -2.25. The maximum absolute atomic E-state index is 15.7. The minimum atomic E-state index is -3.94. The molecule has 2 heterocycles. The first-order valence-corrected chi connectivity index (χ1v) is 14.4. The van der Waals surface area contributed by atoms with E-state index in [9.17, 15) is 13.2 Å². The summed E-state index contributed by atoms with van der Waals surface area (Å²) in [6.45, 7) is 6.05. The van der Waals surface area contributed by atoms with Gasteiger partial charge in [-0.2, -0.15) is 4.40 Å². The zero-order valence-electron chi connectivity index (χ0n) is 23.7. The van der Waals surface area contributed by atoms with Gasteiger partial charge >= 0.3 is 5.97 Å². The molecule has 0 spiro atoms. The number of furan rings is 1. The number of nitrogens with zero attached hydrogens (tertiary/aromatic N) is 2. The molecular formula is C30H30F2N2O7S. The molecule has 0 saturated heterocycles. The van der Waals surface area contributed by atoms with E-state index in [1.807, 2.05) is 0 Å². The monoisotopic (exact) mass is 600 g/mol. The van der Waals surface area contributed by atoms with Crippen molar-refractivity contribution in [3.8, 4) is 22.6 Å². The summed E-state index contributed by atoms with van der Waals surface area (Å²) in [4.78, 5) is 16.0. The topological polar surface area (TPSA) is 117 Å².